The molecule has 3 heterocycles. The first-order chi connectivity index (χ1) is 9.90. The van der Waals surface area contributed by atoms with E-state index in [1.807, 2.05) is 6.07 Å². The minimum atomic E-state index is 0.389. The summed E-state index contributed by atoms with van der Waals surface area (Å²) >= 11 is 1.75. The van der Waals surface area contributed by atoms with Gasteiger partial charge in [-0.1, -0.05) is 30.3 Å². The Morgan fingerprint density at radius 1 is 1.20 bits per heavy atom. The van der Waals surface area contributed by atoms with E-state index in [1.165, 1.54) is 11.1 Å². The first kappa shape index (κ1) is 11.7. The van der Waals surface area contributed by atoms with Crippen LogP contribution in [0.5, 0.6) is 0 Å². The normalized spacial score (nSPS) is 17.5. The molecule has 0 bridgehead atoms. The average Bonchev–Trinajstić information content (AvgIpc) is 3.16. The number of thiophene rings is 1. The fraction of sp³-hybridized carbons (Fsp3) is 0.188. The highest BCUT2D eigenvalue weighted by atomic mass is 32.1. The maximum absolute atomic E-state index is 4.74. The van der Waals surface area contributed by atoms with E-state index in [0.717, 1.165) is 24.6 Å². The second-order valence-electron chi connectivity index (χ2n) is 5.05. The number of hydrogen-bond donors (Lipinski definition) is 1. The fourth-order valence-corrected chi connectivity index (χ4v) is 3.38. The third-order valence-electron chi connectivity index (χ3n) is 3.75. The van der Waals surface area contributed by atoms with Gasteiger partial charge in [-0.05, 0) is 28.8 Å². The summed E-state index contributed by atoms with van der Waals surface area (Å²) < 4.78 is 2.21. The lowest BCUT2D eigenvalue weighted by atomic mass is 10.1. The van der Waals surface area contributed by atoms with Gasteiger partial charge in [-0.25, -0.2) is 4.98 Å². The van der Waals surface area contributed by atoms with Gasteiger partial charge < -0.3 is 9.88 Å². The molecule has 1 aliphatic rings. The van der Waals surface area contributed by atoms with Crippen LogP contribution in [-0.4, -0.2) is 9.55 Å². The van der Waals surface area contributed by atoms with Crippen LogP contribution >= 0.6 is 11.3 Å². The number of aromatic nitrogens is 2. The van der Waals surface area contributed by atoms with Crippen LogP contribution in [0.3, 0.4) is 0 Å². The lowest BCUT2D eigenvalue weighted by Crippen LogP contribution is -2.21. The van der Waals surface area contributed by atoms with Crippen LogP contribution in [0.1, 0.15) is 18.0 Å². The number of rotatable bonds is 2. The molecule has 1 aromatic carbocycles. The first-order valence-electron chi connectivity index (χ1n) is 6.81. The standard InChI is InChI=1S/C16H15N3S/c1-2-4-12(5-3-1)15-10-19-8-6-14(17-16(19)18-15)13-7-9-20-11-13/h1-5,7,9-11,14H,6,8H2,(H,17,18). The van der Waals surface area contributed by atoms with Gasteiger partial charge in [0.2, 0.25) is 5.95 Å². The highest BCUT2D eigenvalue weighted by Crippen LogP contribution is 2.31. The van der Waals surface area contributed by atoms with Gasteiger partial charge in [-0.2, -0.15) is 11.3 Å². The first-order valence-corrected chi connectivity index (χ1v) is 7.76. The minimum absolute atomic E-state index is 0.389. The van der Waals surface area contributed by atoms with Gasteiger partial charge in [0.15, 0.2) is 0 Å². The Morgan fingerprint density at radius 2 is 2.10 bits per heavy atom. The highest BCUT2D eigenvalue weighted by Gasteiger charge is 2.21. The van der Waals surface area contributed by atoms with Gasteiger partial charge in [-0.15, -0.1) is 0 Å². The van der Waals surface area contributed by atoms with E-state index in [4.69, 9.17) is 4.98 Å². The SMILES string of the molecule is c1ccc(-c2cn3c(n2)NC(c2ccsc2)CC3)cc1. The number of aryl methyl sites for hydroxylation is 1. The third-order valence-corrected chi connectivity index (χ3v) is 4.46. The van der Waals surface area contributed by atoms with Crippen molar-refractivity contribution < 1.29 is 0 Å². The molecule has 0 aliphatic carbocycles. The van der Waals surface area contributed by atoms with E-state index in [-0.39, 0.29) is 0 Å². The van der Waals surface area contributed by atoms with Crippen molar-refractivity contribution in [2.45, 2.75) is 19.0 Å². The zero-order valence-electron chi connectivity index (χ0n) is 11.0. The summed E-state index contributed by atoms with van der Waals surface area (Å²) in [5, 5.41) is 7.90. The Kier molecular flexibility index (Phi) is 2.81. The van der Waals surface area contributed by atoms with Gasteiger partial charge in [0, 0.05) is 18.3 Å². The molecule has 0 saturated heterocycles. The highest BCUT2D eigenvalue weighted by molar-refractivity contribution is 7.08. The van der Waals surface area contributed by atoms with Crippen molar-refractivity contribution in [1.82, 2.24) is 9.55 Å². The van der Waals surface area contributed by atoms with Crippen LogP contribution in [-0.2, 0) is 6.54 Å². The molecule has 0 saturated carbocycles. The van der Waals surface area contributed by atoms with Gasteiger partial charge in [-0.3, -0.25) is 0 Å². The maximum Gasteiger partial charge on any atom is 0.203 e. The fourth-order valence-electron chi connectivity index (χ4n) is 2.67. The maximum atomic E-state index is 4.74. The van der Waals surface area contributed by atoms with E-state index >= 15 is 0 Å². The topological polar surface area (TPSA) is 29.9 Å². The molecule has 0 amide bonds. The number of benzene rings is 1. The van der Waals surface area contributed by atoms with E-state index in [1.54, 1.807) is 11.3 Å². The van der Waals surface area contributed by atoms with Crippen LogP contribution < -0.4 is 5.32 Å². The van der Waals surface area contributed by atoms with Gasteiger partial charge in [0.25, 0.3) is 0 Å². The van der Waals surface area contributed by atoms with E-state index < -0.39 is 0 Å². The zero-order chi connectivity index (χ0) is 13.4. The van der Waals surface area contributed by atoms with Crippen molar-refractivity contribution in [1.29, 1.82) is 0 Å². The van der Waals surface area contributed by atoms with E-state index in [9.17, 15) is 0 Å². The zero-order valence-corrected chi connectivity index (χ0v) is 11.8. The van der Waals surface area contributed by atoms with Crippen molar-refractivity contribution in [3.8, 4) is 11.3 Å². The van der Waals surface area contributed by atoms with Crippen LogP contribution in [0.2, 0.25) is 0 Å². The molecule has 0 radical (unpaired) electrons. The Morgan fingerprint density at radius 3 is 2.90 bits per heavy atom. The summed E-state index contributed by atoms with van der Waals surface area (Å²) in [6, 6.07) is 12.9. The molecular weight excluding hydrogens is 266 g/mol. The molecule has 2 aromatic heterocycles. The minimum Gasteiger partial charge on any atom is -0.349 e. The molecule has 1 N–H and O–H groups in total. The van der Waals surface area contributed by atoms with Crippen LogP contribution in [0.15, 0.2) is 53.4 Å². The lowest BCUT2D eigenvalue weighted by molar-refractivity contribution is 0.543. The largest absolute Gasteiger partial charge is 0.349 e. The molecule has 1 atom stereocenters. The molecule has 0 fully saturated rings. The summed E-state index contributed by atoms with van der Waals surface area (Å²) in [4.78, 5) is 4.74. The predicted molar refractivity (Wildman–Crippen MR) is 83.0 cm³/mol. The number of fused-ring (bicyclic) bond motifs is 1. The van der Waals surface area contributed by atoms with Gasteiger partial charge >= 0.3 is 0 Å². The quantitative estimate of drug-likeness (QED) is 0.764. The Balaban J connectivity index is 1.65. The molecule has 100 valence electrons. The Hall–Kier alpha value is -2.07. The van der Waals surface area contributed by atoms with Gasteiger partial charge in [0.1, 0.15) is 0 Å². The van der Waals surface area contributed by atoms with Crippen LogP contribution in [0.25, 0.3) is 11.3 Å². The van der Waals surface area contributed by atoms with Crippen molar-refractivity contribution in [3.63, 3.8) is 0 Å². The van der Waals surface area contributed by atoms with Crippen molar-refractivity contribution >= 4 is 17.3 Å². The van der Waals surface area contributed by atoms with E-state index in [0.29, 0.717) is 6.04 Å². The van der Waals surface area contributed by atoms with Crippen molar-refractivity contribution in [2.75, 3.05) is 5.32 Å². The van der Waals surface area contributed by atoms with Crippen molar-refractivity contribution in [2.24, 2.45) is 0 Å². The molecule has 1 aliphatic heterocycles. The third kappa shape index (κ3) is 2.02. The second-order valence-corrected chi connectivity index (χ2v) is 5.83. The average molecular weight is 281 g/mol. The molecule has 3 aromatic rings. The summed E-state index contributed by atoms with van der Waals surface area (Å²) in [5.41, 5.74) is 3.58. The number of anilines is 1. The number of nitrogens with zero attached hydrogens (tertiary/aromatic N) is 2. The van der Waals surface area contributed by atoms with Crippen LogP contribution in [0.4, 0.5) is 5.95 Å². The summed E-state index contributed by atoms with van der Waals surface area (Å²) in [5.74, 6) is 0.978. The lowest BCUT2D eigenvalue weighted by Gasteiger charge is -2.24. The predicted octanol–water partition coefficient (Wildman–Crippen LogP) is 4.17. The van der Waals surface area contributed by atoms with Crippen molar-refractivity contribution in [3.05, 3.63) is 58.9 Å². The molecule has 4 rings (SSSR count). The molecule has 20 heavy (non-hydrogen) atoms. The monoisotopic (exact) mass is 281 g/mol. The second kappa shape index (κ2) is 4.80. The summed E-state index contributed by atoms with van der Waals surface area (Å²) in [6.07, 6.45) is 3.25. The summed E-state index contributed by atoms with van der Waals surface area (Å²) in [6.45, 7) is 1.02. The Labute approximate surface area is 121 Å². The molecule has 0 spiro atoms. The van der Waals surface area contributed by atoms with Crippen LogP contribution in [0, 0.1) is 0 Å². The number of hydrogen-bond acceptors (Lipinski definition) is 3. The molecule has 4 heteroatoms. The smallest absolute Gasteiger partial charge is 0.203 e. The molecule has 3 nitrogen and oxygen atoms in total. The van der Waals surface area contributed by atoms with E-state index in [2.05, 4.69) is 57.2 Å². The Bertz CT molecular complexity index is 701. The number of imidazole rings is 1. The molecule has 1 unspecified atom stereocenters. The van der Waals surface area contributed by atoms with Gasteiger partial charge in [0.05, 0.1) is 11.7 Å². The molecular formula is C16H15N3S. The summed E-state index contributed by atoms with van der Waals surface area (Å²) in [7, 11) is 0. The number of nitrogens with one attached hydrogen (secondary N) is 1.